The maximum Gasteiger partial charge on any atom is 0.272 e. The Morgan fingerprint density at radius 3 is 2.72 bits per heavy atom. The standard InChI is InChI=1S/C15H22N4O5S/c1-8(2)13(12-4-9(3)17-24-12)15(21)19-6-10(20)5-11(19)14-16-7-25(22,23)18-14/h4,8,10-11,13,20H,5-7H2,1-3H3,(H,16,18). The van der Waals surface area contributed by atoms with Crippen LogP contribution in [0.5, 0.6) is 0 Å². The van der Waals surface area contributed by atoms with Gasteiger partial charge >= 0.3 is 0 Å². The Labute approximate surface area is 146 Å². The second-order valence-electron chi connectivity index (χ2n) is 6.87. The molecule has 3 rings (SSSR count). The van der Waals surface area contributed by atoms with Crippen molar-refractivity contribution >= 4 is 21.8 Å². The van der Waals surface area contributed by atoms with Crippen LogP contribution < -0.4 is 5.32 Å². The molecule has 3 unspecified atom stereocenters. The topological polar surface area (TPSA) is 125 Å². The molecule has 0 bridgehead atoms. The molecule has 0 aliphatic carbocycles. The Bertz CT molecular complexity index is 801. The molecule has 10 heteroatoms. The highest BCUT2D eigenvalue weighted by Crippen LogP contribution is 2.31. The van der Waals surface area contributed by atoms with E-state index in [4.69, 9.17) is 4.52 Å². The minimum absolute atomic E-state index is 0.0551. The Balaban J connectivity index is 1.90. The molecule has 1 saturated heterocycles. The van der Waals surface area contributed by atoms with E-state index in [1.165, 1.54) is 4.90 Å². The summed E-state index contributed by atoms with van der Waals surface area (Å²) in [7, 11) is -3.56. The summed E-state index contributed by atoms with van der Waals surface area (Å²) in [5.41, 5.74) is 0.680. The zero-order chi connectivity index (χ0) is 18.4. The highest BCUT2D eigenvalue weighted by Gasteiger charge is 2.43. The number of rotatable bonds is 4. The van der Waals surface area contributed by atoms with Gasteiger partial charge in [0.1, 0.15) is 23.4 Å². The third kappa shape index (κ3) is 3.54. The number of aliphatic hydroxyl groups is 1. The number of hydrogen-bond donors (Lipinski definition) is 2. The van der Waals surface area contributed by atoms with E-state index in [0.29, 0.717) is 11.5 Å². The summed E-state index contributed by atoms with van der Waals surface area (Å²) in [6.45, 7) is 5.70. The first-order chi connectivity index (χ1) is 11.7. The van der Waals surface area contributed by atoms with E-state index in [1.807, 2.05) is 13.8 Å². The number of aromatic nitrogens is 1. The SMILES string of the molecule is Cc1cc(C(C(=O)N2CC(O)CC2C2=NS(=O)(=O)CN2)C(C)C)on1. The smallest absolute Gasteiger partial charge is 0.272 e. The van der Waals surface area contributed by atoms with E-state index >= 15 is 0 Å². The highest BCUT2D eigenvalue weighted by molar-refractivity contribution is 7.90. The maximum absolute atomic E-state index is 13.2. The van der Waals surface area contributed by atoms with Gasteiger partial charge in [0.2, 0.25) is 5.91 Å². The number of likely N-dealkylation sites (tertiary alicyclic amines) is 1. The lowest BCUT2D eigenvalue weighted by atomic mass is 9.91. The van der Waals surface area contributed by atoms with Gasteiger partial charge in [-0.1, -0.05) is 19.0 Å². The number of amides is 1. The fourth-order valence-corrected chi connectivity index (χ4v) is 4.20. The summed E-state index contributed by atoms with van der Waals surface area (Å²) in [5, 5.41) is 16.6. The van der Waals surface area contributed by atoms with Crippen molar-refractivity contribution in [2.45, 2.75) is 45.3 Å². The lowest BCUT2D eigenvalue weighted by molar-refractivity contribution is -0.134. The fourth-order valence-electron chi connectivity index (χ4n) is 3.32. The zero-order valence-electron chi connectivity index (χ0n) is 14.3. The molecule has 0 radical (unpaired) electrons. The number of hydrogen-bond acceptors (Lipinski definition) is 7. The van der Waals surface area contributed by atoms with Crippen molar-refractivity contribution in [3.8, 4) is 0 Å². The Kier molecular flexibility index (Phi) is 4.58. The molecular weight excluding hydrogens is 348 g/mol. The quantitative estimate of drug-likeness (QED) is 0.762. The summed E-state index contributed by atoms with van der Waals surface area (Å²) in [4.78, 5) is 14.7. The van der Waals surface area contributed by atoms with Crippen molar-refractivity contribution in [3.05, 3.63) is 17.5 Å². The summed E-state index contributed by atoms with van der Waals surface area (Å²) in [6, 6.07) is 1.13. The van der Waals surface area contributed by atoms with Crippen LogP contribution in [-0.4, -0.2) is 59.9 Å². The van der Waals surface area contributed by atoms with E-state index in [-0.39, 0.29) is 36.5 Å². The van der Waals surface area contributed by atoms with Crippen molar-refractivity contribution in [1.82, 2.24) is 15.4 Å². The summed E-state index contributed by atoms with van der Waals surface area (Å²) < 4.78 is 32.1. The Hall–Kier alpha value is -1.94. The molecule has 1 aromatic heterocycles. The summed E-state index contributed by atoms with van der Waals surface area (Å²) in [6.07, 6.45) is -0.487. The van der Waals surface area contributed by atoms with Crippen LogP contribution in [-0.2, 0) is 14.8 Å². The predicted molar refractivity (Wildman–Crippen MR) is 89.3 cm³/mol. The van der Waals surface area contributed by atoms with Crippen molar-refractivity contribution in [3.63, 3.8) is 0 Å². The van der Waals surface area contributed by atoms with Gasteiger partial charge in [-0.2, -0.15) is 0 Å². The van der Waals surface area contributed by atoms with Crippen LogP contribution in [0.15, 0.2) is 15.0 Å². The summed E-state index contributed by atoms with van der Waals surface area (Å²) in [5.74, 6) is -0.464. The second-order valence-corrected chi connectivity index (χ2v) is 8.50. The molecule has 0 aromatic carbocycles. The number of aliphatic hydroxyl groups excluding tert-OH is 1. The van der Waals surface area contributed by atoms with Crippen molar-refractivity contribution in [2.75, 3.05) is 12.4 Å². The lowest BCUT2D eigenvalue weighted by Crippen LogP contribution is -2.47. The van der Waals surface area contributed by atoms with E-state index in [9.17, 15) is 18.3 Å². The van der Waals surface area contributed by atoms with Crippen LogP contribution in [0.25, 0.3) is 0 Å². The van der Waals surface area contributed by atoms with Crippen molar-refractivity contribution in [1.29, 1.82) is 0 Å². The van der Waals surface area contributed by atoms with Gasteiger partial charge in [-0.05, 0) is 12.8 Å². The molecule has 2 aliphatic heterocycles. The van der Waals surface area contributed by atoms with Gasteiger partial charge in [0.15, 0.2) is 0 Å². The molecular formula is C15H22N4O5S. The molecule has 2 N–H and O–H groups in total. The normalized spacial score (nSPS) is 26.6. The highest BCUT2D eigenvalue weighted by atomic mass is 32.2. The van der Waals surface area contributed by atoms with E-state index in [2.05, 4.69) is 14.9 Å². The van der Waals surface area contributed by atoms with Crippen LogP contribution in [0.1, 0.15) is 37.6 Å². The third-order valence-electron chi connectivity index (χ3n) is 4.44. The molecule has 3 atom stereocenters. The molecule has 1 fully saturated rings. The molecule has 9 nitrogen and oxygen atoms in total. The van der Waals surface area contributed by atoms with Gasteiger partial charge in [0.25, 0.3) is 10.0 Å². The zero-order valence-corrected chi connectivity index (χ0v) is 15.2. The monoisotopic (exact) mass is 370 g/mol. The molecule has 138 valence electrons. The Morgan fingerprint density at radius 2 is 2.20 bits per heavy atom. The number of carbonyl (C=O) groups excluding carboxylic acids is 1. The van der Waals surface area contributed by atoms with E-state index in [1.54, 1.807) is 13.0 Å². The third-order valence-corrected chi connectivity index (χ3v) is 5.42. The van der Waals surface area contributed by atoms with Crippen LogP contribution >= 0.6 is 0 Å². The first kappa shape index (κ1) is 17.9. The molecule has 1 amide bonds. The van der Waals surface area contributed by atoms with Gasteiger partial charge in [-0.3, -0.25) is 4.79 Å². The maximum atomic E-state index is 13.2. The van der Waals surface area contributed by atoms with E-state index in [0.717, 1.165) is 0 Å². The van der Waals surface area contributed by atoms with Crippen molar-refractivity contribution < 1.29 is 22.8 Å². The van der Waals surface area contributed by atoms with Gasteiger partial charge in [-0.25, -0.2) is 8.42 Å². The lowest BCUT2D eigenvalue weighted by Gasteiger charge is -2.29. The minimum atomic E-state index is -3.56. The second kappa shape index (κ2) is 6.41. The number of carbonyl (C=O) groups is 1. The average molecular weight is 370 g/mol. The van der Waals surface area contributed by atoms with Gasteiger partial charge in [0.05, 0.1) is 17.8 Å². The van der Waals surface area contributed by atoms with Gasteiger partial charge < -0.3 is 19.8 Å². The van der Waals surface area contributed by atoms with Gasteiger partial charge in [0, 0.05) is 19.0 Å². The van der Waals surface area contributed by atoms with Gasteiger partial charge in [-0.15, -0.1) is 4.40 Å². The van der Waals surface area contributed by atoms with Crippen LogP contribution in [0.3, 0.4) is 0 Å². The Morgan fingerprint density at radius 1 is 1.48 bits per heavy atom. The summed E-state index contributed by atoms with van der Waals surface area (Å²) >= 11 is 0. The largest absolute Gasteiger partial charge is 0.391 e. The molecule has 2 aliphatic rings. The number of amidine groups is 1. The average Bonchev–Trinajstić information content (AvgIpc) is 3.18. The minimum Gasteiger partial charge on any atom is -0.391 e. The molecule has 3 heterocycles. The fraction of sp³-hybridized carbons (Fsp3) is 0.667. The van der Waals surface area contributed by atoms with E-state index < -0.39 is 28.1 Å². The molecule has 25 heavy (non-hydrogen) atoms. The predicted octanol–water partition coefficient (Wildman–Crippen LogP) is -0.0266. The first-order valence-electron chi connectivity index (χ1n) is 8.16. The van der Waals surface area contributed by atoms with Crippen LogP contribution in [0.4, 0.5) is 0 Å². The number of nitrogens with one attached hydrogen (secondary N) is 1. The molecule has 1 aromatic rings. The van der Waals surface area contributed by atoms with Crippen molar-refractivity contribution in [2.24, 2.45) is 10.3 Å². The molecule has 0 saturated carbocycles. The first-order valence-corrected chi connectivity index (χ1v) is 9.77. The number of sulfonamides is 1. The van der Waals surface area contributed by atoms with Crippen LogP contribution in [0.2, 0.25) is 0 Å². The molecule has 0 spiro atoms. The number of β-amino-alcohol motifs (C(OH)–C–C–N with tert-alkyl or cyclic N) is 1. The van der Waals surface area contributed by atoms with Crippen LogP contribution in [0, 0.1) is 12.8 Å². The number of aryl methyl sites for hydroxylation is 1. The number of nitrogens with zero attached hydrogens (tertiary/aromatic N) is 3.